The lowest BCUT2D eigenvalue weighted by molar-refractivity contribution is -0.131. The minimum Gasteiger partial charge on any atom is -0.478 e. The second-order valence-corrected chi connectivity index (χ2v) is 4.73. The van der Waals surface area contributed by atoms with Crippen LogP contribution < -0.4 is 4.74 Å². The van der Waals surface area contributed by atoms with Gasteiger partial charge in [-0.1, -0.05) is 35.3 Å². The highest BCUT2D eigenvalue weighted by Crippen LogP contribution is 2.29. The Kier molecular flexibility index (Phi) is 4.66. The number of aliphatic carboxylic acids is 1. The van der Waals surface area contributed by atoms with Gasteiger partial charge in [0.25, 0.3) is 0 Å². The third-order valence-corrected chi connectivity index (χ3v) is 3.16. The first-order valence-corrected chi connectivity index (χ1v) is 6.44. The van der Waals surface area contributed by atoms with E-state index in [-0.39, 0.29) is 0 Å². The molecule has 0 unspecified atom stereocenters. The van der Waals surface area contributed by atoms with Crippen LogP contribution in [0.15, 0.2) is 48.5 Å². The molecule has 0 bridgehead atoms. The average Bonchev–Trinajstić information content (AvgIpc) is 2.42. The maximum absolute atomic E-state index is 10.4. The van der Waals surface area contributed by atoms with E-state index >= 15 is 0 Å². The highest BCUT2D eigenvalue weighted by Gasteiger charge is 2.02. The van der Waals surface area contributed by atoms with Crippen LogP contribution >= 0.6 is 23.2 Å². The zero-order valence-corrected chi connectivity index (χ0v) is 11.7. The number of carboxylic acids is 1. The molecule has 0 aliphatic carbocycles. The number of ether oxygens (including phenoxy) is 1. The van der Waals surface area contributed by atoms with Gasteiger partial charge in [0, 0.05) is 12.1 Å². The number of carboxylic acid groups (broad SMARTS) is 1. The normalized spacial score (nSPS) is 10.7. The fraction of sp³-hybridized carbons (Fsp3) is 0. The van der Waals surface area contributed by atoms with Crippen molar-refractivity contribution in [3.05, 3.63) is 64.1 Å². The number of benzene rings is 2. The summed E-state index contributed by atoms with van der Waals surface area (Å²) in [4.78, 5) is 10.4. The summed E-state index contributed by atoms with van der Waals surface area (Å²) in [5.74, 6) is 0.213. The number of rotatable bonds is 4. The van der Waals surface area contributed by atoms with Gasteiger partial charge in [0.15, 0.2) is 0 Å². The second kappa shape index (κ2) is 6.46. The second-order valence-electron chi connectivity index (χ2n) is 3.92. The minimum absolute atomic E-state index is 0.421. The summed E-state index contributed by atoms with van der Waals surface area (Å²) in [6.45, 7) is 0. The van der Waals surface area contributed by atoms with E-state index < -0.39 is 5.97 Å². The van der Waals surface area contributed by atoms with E-state index in [1.807, 2.05) is 0 Å². The molecular formula is C15H10Cl2O3. The van der Waals surface area contributed by atoms with Crippen molar-refractivity contribution >= 4 is 35.2 Å². The Morgan fingerprint density at radius 3 is 2.25 bits per heavy atom. The average molecular weight is 309 g/mol. The van der Waals surface area contributed by atoms with Crippen molar-refractivity contribution in [3.8, 4) is 11.5 Å². The topological polar surface area (TPSA) is 46.5 Å². The van der Waals surface area contributed by atoms with E-state index in [1.54, 1.807) is 42.5 Å². The van der Waals surface area contributed by atoms with Crippen molar-refractivity contribution in [1.29, 1.82) is 0 Å². The maximum Gasteiger partial charge on any atom is 0.328 e. The van der Waals surface area contributed by atoms with Crippen molar-refractivity contribution in [2.24, 2.45) is 0 Å². The predicted molar refractivity (Wildman–Crippen MR) is 79.6 cm³/mol. The highest BCUT2D eigenvalue weighted by molar-refractivity contribution is 6.42. The largest absolute Gasteiger partial charge is 0.478 e. The molecular weight excluding hydrogens is 299 g/mol. The van der Waals surface area contributed by atoms with E-state index in [2.05, 4.69) is 0 Å². The van der Waals surface area contributed by atoms with Gasteiger partial charge in [0.05, 0.1) is 10.0 Å². The van der Waals surface area contributed by atoms with Crippen molar-refractivity contribution in [1.82, 2.24) is 0 Å². The number of hydrogen-bond acceptors (Lipinski definition) is 2. The lowest BCUT2D eigenvalue weighted by Crippen LogP contribution is -1.86. The first-order valence-electron chi connectivity index (χ1n) is 5.68. The Hall–Kier alpha value is -1.97. The Morgan fingerprint density at radius 1 is 1.00 bits per heavy atom. The van der Waals surface area contributed by atoms with Crippen LogP contribution in [-0.2, 0) is 4.79 Å². The van der Waals surface area contributed by atoms with Crippen LogP contribution in [0.2, 0.25) is 10.0 Å². The molecule has 0 aliphatic heterocycles. The van der Waals surface area contributed by atoms with Gasteiger partial charge >= 0.3 is 5.97 Å². The number of carbonyl (C=O) groups is 1. The van der Waals surface area contributed by atoms with E-state index in [1.165, 1.54) is 6.08 Å². The molecule has 0 saturated carbocycles. The molecule has 0 aliphatic rings. The quantitative estimate of drug-likeness (QED) is 0.818. The van der Waals surface area contributed by atoms with Crippen molar-refractivity contribution in [3.63, 3.8) is 0 Å². The summed E-state index contributed by atoms with van der Waals surface area (Å²) in [6, 6.07) is 12.0. The van der Waals surface area contributed by atoms with Gasteiger partial charge in [-0.3, -0.25) is 0 Å². The number of halogens is 2. The molecule has 0 saturated heterocycles. The minimum atomic E-state index is -0.985. The summed E-state index contributed by atoms with van der Waals surface area (Å²) in [5, 5.41) is 9.43. The summed E-state index contributed by atoms with van der Waals surface area (Å²) in [6.07, 6.45) is 2.58. The Morgan fingerprint density at radius 2 is 1.65 bits per heavy atom. The van der Waals surface area contributed by atoms with E-state index in [0.29, 0.717) is 21.5 Å². The summed E-state index contributed by atoms with van der Waals surface area (Å²) >= 11 is 11.7. The van der Waals surface area contributed by atoms with Gasteiger partial charge in [-0.2, -0.15) is 0 Å². The molecule has 2 aromatic carbocycles. The van der Waals surface area contributed by atoms with Gasteiger partial charge < -0.3 is 9.84 Å². The molecule has 3 nitrogen and oxygen atoms in total. The van der Waals surface area contributed by atoms with E-state index in [9.17, 15) is 4.79 Å². The van der Waals surface area contributed by atoms with Crippen molar-refractivity contribution < 1.29 is 14.6 Å². The smallest absolute Gasteiger partial charge is 0.328 e. The molecule has 0 fully saturated rings. The summed E-state index contributed by atoms with van der Waals surface area (Å²) < 4.78 is 5.61. The molecule has 0 heterocycles. The van der Waals surface area contributed by atoms with E-state index in [4.69, 9.17) is 33.0 Å². The SMILES string of the molecule is O=C(O)C=Cc1ccc(Oc2ccc(Cl)c(Cl)c2)cc1. The molecule has 5 heteroatoms. The molecule has 0 atom stereocenters. The molecule has 2 aromatic rings. The third-order valence-electron chi connectivity index (χ3n) is 2.43. The van der Waals surface area contributed by atoms with Crippen LogP contribution in [0.3, 0.4) is 0 Å². The van der Waals surface area contributed by atoms with Crippen LogP contribution in [0.4, 0.5) is 0 Å². The van der Waals surface area contributed by atoms with Gasteiger partial charge in [0.1, 0.15) is 11.5 Å². The van der Waals surface area contributed by atoms with Crippen LogP contribution in [0.1, 0.15) is 5.56 Å². The van der Waals surface area contributed by atoms with Gasteiger partial charge in [-0.15, -0.1) is 0 Å². The van der Waals surface area contributed by atoms with Crippen LogP contribution in [0.5, 0.6) is 11.5 Å². The molecule has 2 rings (SSSR count). The van der Waals surface area contributed by atoms with E-state index in [0.717, 1.165) is 11.6 Å². The van der Waals surface area contributed by atoms with Gasteiger partial charge in [-0.25, -0.2) is 4.79 Å². The summed E-state index contributed by atoms with van der Waals surface area (Å²) in [7, 11) is 0. The Labute approximate surface area is 126 Å². The molecule has 0 aromatic heterocycles. The zero-order chi connectivity index (χ0) is 14.5. The summed E-state index contributed by atoms with van der Waals surface area (Å²) in [5.41, 5.74) is 0.772. The Balaban J connectivity index is 2.10. The van der Waals surface area contributed by atoms with Gasteiger partial charge in [0.2, 0.25) is 0 Å². The van der Waals surface area contributed by atoms with Crippen molar-refractivity contribution in [2.45, 2.75) is 0 Å². The molecule has 102 valence electrons. The molecule has 1 N–H and O–H groups in total. The lowest BCUT2D eigenvalue weighted by Gasteiger charge is -2.06. The molecule has 0 radical (unpaired) electrons. The van der Waals surface area contributed by atoms with Crippen molar-refractivity contribution in [2.75, 3.05) is 0 Å². The van der Waals surface area contributed by atoms with Crippen LogP contribution in [0, 0.1) is 0 Å². The standard InChI is InChI=1S/C15H10Cl2O3/c16-13-7-6-12(9-14(13)17)20-11-4-1-10(2-5-11)3-8-15(18)19/h1-9H,(H,18,19). The van der Waals surface area contributed by atoms with Crippen LogP contribution in [0.25, 0.3) is 6.08 Å². The molecule has 0 amide bonds. The first-order chi connectivity index (χ1) is 9.54. The lowest BCUT2D eigenvalue weighted by atomic mass is 10.2. The fourth-order valence-corrected chi connectivity index (χ4v) is 1.78. The number of hydrogen-bond donors (Lipinski definition) is 1. The first kappa shape index (κ1) is 14.4. The zero-order valence-electron chi connectivity index (χ0n) is 10.2. The van der Waals surface area contributed by atoms with Crippen LogP contribution in [-0.4, -0.2) is 11.1 Å². The Bertz CT molecular complexity index is 649. The highest BCUT2D eigenvalue weighted by atomic mass is 35.5. The monoisotopic (exact) mass is 308 g/mol. The fourth-order valence-electron chi connectivity index (χ4n) is 1.49. The molecule has 20 heavy (non-hydrogen) atoms. The third kappa shape index (κ3) is 4.02. The maximum atomic E-state index is 10.4. The molecule has 0 spiro atoms. The predicted octanol–water partition coefficient (Wildman–Crippen LogP) is 4.88. The van der Waals surface area contributed by atoms with Gasteiger partial charge in [-0.05, 0) is 35.9 Å².